The van der Waals surface area contributed by atoms with E-state index in [1.165, 1.54) is 22.7 Å². The molecular formula is C32H28FN3O5S2. The van der Waals surface area contributed by atoms with Crippen molar-refractivity contribution in [2.45, 2.75) is 48.9 Å². The van der Waals surface area contributed by atoms with E-state index in [4.69, 9.17) is 9.47 Å². The summed E-state index contributed by atoms with van der Waals surface area (Å²) >= 11 is 2.40. The Kier molecular flexibility index (Phi) is 8.18. The fraction of sp³-hybridized carbons (Fsp3) is 0.250. The number of carbonyl (C=O) groups is 2. The molecule has 2 unspecified atom stereocenters. The number of aromatic nitrogens is 2. The largest absolute Gasteiger partial charge is 0.507 e. The Morgan fingerprint density at radius 2 is 1.98 bits per heavy atom. The van der Waals surface area contributed by atoms with Crippen LogP contribution >= 0.6 is 23.1 Å². The lowest BCUT2D eigenvalue weighted by Gasteiger charge is -2.23. The highest BCUT2D eigenvalue weighted by Gasteiger charge is 2.48. The first kappa shape index (κ1) is 28.9. The predicted octanol–water partition coefficient (Wildman–Crippen LogP) is 6.71. The molecule has 1 aromatic heterocycles. The number of benzene rings is 3. The second-order valence-corrected chi connectivity index (χ2v) is 12.5. The van der Waals surface area contributed by atoms with Gasteiger partial charge in [-0.2, -0.15) is 0 Å². The topological polar surface area (TPSA) is 102 Å². The monoisotopic (exact) mass is 617 g/mol. The molecule has 1 N–H and O–H groups in total. The zero-order valence-corrected chi connectivity index (χ0v) is 25.1. The highest BCUT2D eigenvalue weighted by Crippen LogP contribution is 2.45. The van der Waals surface area contributed by atoms with Crippen molar-refractivity contribution < 1.29 is 28.6 Å². The van der Waals surface area contributed by atoms with Gasteiger partial charge in [0.25, 0.3) is 5.78 Å². The van der Waals surface area contributed by atoms with E-state index in [2.05, 4.69) is 10.2 Å². The van der Waals surface area contributed by atoms with Gasteiger partial charge in [0.2, 0.25) is 5.13 Å². The number of halogens is 1. The van der Waals surface area contributed by atoms with E-state index in [1.807, 2.05) is 13.8 Å². The quantitative estimate of drug-likeness (QED) is 0.0727. The Morgan fingerprint density at radius 3 is 2.79 bits per heavy atom. The number of aliphatic hydroxyl groups is 1. The highest BCUT2D eigenvalue weighted by atomic mass is 32.2. The molecule has 2 aliphatic rings. The summed E-state index contributed by atoms with van der Waals surface area (Å²) in [6.45, 7) is 4.46. The van der Waals surface area contributed by atoms with Crippen LogP contribution in [-0.2, 0) is 21.8 Å². The fourth-order valence-corrected chi connectivity index (χ4v) is 7.03. The van der Waals surface area contributed by atoms with E-state index in [0.717, 1.165) is 29.1 Å². The molecule has 1 amide bonds. The van der Waals surface area contributed by atoms with Crippen LogP contribution in [0.25, 0.3) is 5.76 Å². The fourth-order valence-electron chi connectivity index (χ4n) is 5.18. The molecule has 4 aromatic rings. The lowest BCUT2D eigenvalue weighted by atomic mass is 9.94. The number of Topliss-reactive ketones (excluding diaryl/α,β-unsaturated/α-hetero) is 1. The molecule has 0 saturated carbocycles. The lowest BCUT2D eigenvalue weighted by molar-refractivity contribution is -0.132. The molecule has 6 rings (SSSR count). The Balaban J connectivity index is 1.40. The summed E-state index contributed by atoms with van der Waals surface area (Å²) < 4.78 is 26.3. The van der Waals surface area contributed by atoms with Crippen LogP contribution in [0.1, 0.15) is 48.6 Å². The van der Waals surface area contributed by atoms with Crippen LogP contribution in [0.3, 0.4) is 0 Å². The smallest absolute Gasteiger partial charge is 0.301 e. The molecule has 1 fully saturated rings. The first-order valence-corrected chi connectivity index (χ1v) is 15.7. The third kappa shape index (κ3) is 5.74. The van der Waals surface area contributed by atoms with Gasteiger partial charge in [-0.3, -0.25) is 14.5 Å². The highest BCUT2D eigenvalue weighted by molar-refractivity contribution is 8.00. The molecule has 43 heavy (non-hydrogen) atoms. The molecule has 0 bridgehead atoms. The van der Waals surface area contributed by atoms with Crippen molar-refractivity contribution in [3.63, 3.8) is 0 Å². The van der Waals surface area contributed by atoms with Gasteiger partial charge in [-0.25, -0.2) is 4.39 Å². The number of anilines is 1. The number of ether oxygens (including phenoxy) is 2. The Morgan fingerprint density at radius 1 is 1.14 bits per heavy atom. The van der Waals surface area contributed by atoms with E-state index in [9.17, 15) is 19.1 Å². The second kappa shape index (κ2) is 12.2. The number of thioether (sulfide) groups is 1. The third-order valence-electron chi connectivity index (χ3n) is 7.17. The predicted molar refractivity (Wildman–Crippen MR) is 163 cm³/mol. The van der Waals surface area contributed by atoms with Gasteiger partial charge in [0.15, 0.2) is 4.34 Å². The molecule has 3 aromatic carbocycles. The average Bonchev–Trinajstić information content (AvgIpc) is 3.70. The number of carbonyl (C=O) groups excluding carboxylic acids is 2. The van der Waals surface area contributed by atoms with E-state index in [-0.39, 0.29) is 28.4 Å². The van der Waals surface area contributed by atoms with Crippen LogP contribution in [0.2, 0.25) is 0 Å². The zero-order valence-electron chi connectivity index (χ0n) is 23.5. The summed E-state index contributed by atoms with van der Waals surface area (Å²) in [4.78, 5) is 28.5. The van der Waals surface area contributed by atoms with Crippen LogP contribution in [0.15, 0.2) is 76.6 Å². The van der Waals surface area contributed by atoms with Gasteiger partial charge in [0.1, 0.15) is 29.2 Å². The van der Waals surface area contributed by atoms with E-state index in [0.29, 0.717) is 45.6 Å². The van der Waals surface area contributed by atoms with Gasteiger partial charge in [-0.15, -0.1) is 10.2 Å². The maximum Gasteiger partial charge on any atom is 0.301 e. The van der Waals surface area contributed by atoms with Crippen molar-refractivity contribution in [2.24, 2.45) is 0 Å². The minimum absolute atomic E-state index is 0.00619. The van der Waals surface area contributed by atoms with Gasteiger partial charge in [0.05, 0.1) is 18.2 Å². The number of rotatable bonds is 9. The number of nitrogens with zero attached hydrogens (tertiary/aromatic N) is 3. The van der Waals surface area contributed by atoms with Crippen molar-refractivity contribution in [3.8, 4) is 11.5 Å². The van der Waals surface area contributed by atoms with Crippen molar-refractivity contribution in [1.29, 1.82) is 0 Å². The maximum absolute atomic E-state index is 14.2. The molecule has 11 heteroatoms. The van der Waals surface area contributed by atoms with Gasteiger partial charge in [0, 0.05) is 17.7 Å². The molecule has 220 valence electrons. The van der Waals surface area contributed by atoms with Gasteiger partial charge in [-0.05, 0) is 66.4 Å². The van der Waals surface area contributed by atoms with E-state index >= 15 is 0 Å². The molecule has 1 saturated heterocycles. The van der Waals surface area contributed by atoms with Crippen LogP contribution in [0.5, 0.6) is 11.5 Å². The summed E-state index contributed by atoms with van der Waals surface area (Å²) in [7, 11) is 0. The zero-order chi connectivity index (χ0) is 30.1. The number of aliphatic hydroxyl groups excluding tert-OH is 1. The number of amides is 1. The maximum atomic E-state index is 14.2. The molecule has 2 aliphatic heterocycles. The van der Waals surface area contributed by atoms with Crippen LogP contribution in [0.4, 0.5) is 9.52 Å². The number of hydrogen-bond acceptors (Lipinski definition) is 9. The third-order valence-corrected chi connectivity index (χ3v) is 9.28. The van der Waals surface area contributed by atoms with Crippen LogP contribution in [-0.4, -0.2) is 39.7 Å². The van der Waals surface area contributed by atoms with Gasteiger partial charge < -0.3 is 14.6 Å². The second-order valence-electron chi connectivity index (χ2n) is 10.3. The summed E-state index contributed by atoms with van der Waals surface area (Å²) in [6, 6.07) is 17.9. The number of fused-ring (bicyclic) bond motifs is 1. The summed E-state index contributed by atoms with van der Waals surface area (Å²) in [5, 5.41) is 20.2. The summed E-state index contributed by atoms with van der Waals surface area (Å²) in [5.41, 5.74) is 2.36. The number of ketones is 1. The van der Waals surface area contributed by atoms with Crippen molar-refractivity contribution in [1.82, 2.24) is 10.2 Å². The first-order chi connectivity index (χ1) is 20.8. The molecule has 3 heterocycles. The van der Waals surface area contributed by atoms with Gasteiger partial charge in [-0.1, -0.05) is 60.4 Å². The van der Waals surface area contributed by atoms with Gasteiger partial charge >= 0.3 is 5.91 Å². The first-order valence-electron chi connectivity index (χ1n) is 13.9. The van der Waals surface area contributed by atoms with Crippen molar-refractivity contribution in [2.75, 3.05) is 11.5 Å². The number of hydrogen-bond donors (Lipinski definition) is 1. The molecule has 0 spiro atoms. The summed E-state index contributed by atoms with van der Waals surface area (Å²) in [6.07, 6.45) is 1.48. The molecular weight excluding hydrogens is 590 g/mol. The molecule has 0 aliphatic carbocycles. The molecule has 8 nitrogen and oxygen atoms in total. The average molecular weight is 618 g/mol. The standard InChI is InChI=1S/C32H28FN3O5S2/c1-3-13-40-23-9-6-8-19(16-23)27-26(28(37)20-11-12-25-22(15-20)14-18(2)41-25)29(38)30(39)36(27)31-34-35-32(43-31)42-17-21-7-4-5-10-24(21)33/h4-12,15-16,18,27,37H,3,13-14,17H2,1-2H3. The van der Waals surface area contributed by atoms with E-state index < -0.39 is 17.7 Å². The Labute approximate surface area is 256 Å². The van der Waals surface area contributed by atoms with E-state index in [1.54, 1.807) is 60.7 Å². The minimum atomic E-state index is -0.981. The summed E-state index contributed by atoms with van der Waals surface area (Å²) in [5.74, 6) is -0.631. The van der Waals surface area contributed by atoms with Crippen molar-refractivity contribution in [3.05, 3.63) is 100 Å². The molecule has 2 atom stereocenters. The lowest BCUT2D eigenvalue weighted by Crippen LogP contribution is -2.29. The van der Waals surface area contributed by atoms with Crippen LogP contribution < -0.4 is 14.4 Å². The Hall–Kier alpha value is -4.22. The minimum Gasteiger partial charge on any atom is -0.507 e. The Bertz CT molecular complexity index is 1740. The van der Waals surface area contributed by atoms with Crippen molar-refractivity contribution >= 4 is 45.7 Å². The SMILES string of the molecule is CCCOc1cccc(C2C(=C(O)c3ccc4c(c3)CC(C)O4)C(=O)C(=O)N2c2nnc(SCc3ccccc3F)s2)c1. The normalized spacial score (nSPS) is 19.0. The molecule has 0 radical (unpaired) electrons. The van der Waals surface area contributed by atoms with Crippen LogP contribution in [0, 0.1) is 5.82 Å².